The Morgan fingerprint density at radius 1 is 1.56 bits per heavy atom. The zero-order valence-electron chi connectivity index (χ0n) is 9.99. The molecule has 4 nitrogen and oxygen atoms in total. The number of rotatable bonds is 3. The molecule has 18 heavy (non-hydrogen) atoms. The molecular formula is C12H15F2N3O. The molecule has 1 aromatic rings. The third-order valence-electron chi connectivity index (χ3n) is 2.83. The zero-order chi connectivity index (χ0) is 13.3. The summed E-state index contributed by atoms with van der Waals surface area (Å²) in [5, 5.41) is 2.65. The molecule has 1 heterocycles. The zero-order valence-corrected chi connectivity index (χ0v) is 9.99. The summed E-state index contributed by atoms with van der Waals surface area (Å²) >= 11 is 0. The van der Waals surface area contributed by atoms with E-state index in [9.17, 15) is 13.6 Å². The second-order valence-corrected chi connectivity index (χ2v) is 4.55. The van der Waals surface area contributed by atoms with Gasteiger partial charge in [0.05, 0.1) is 6.04 Å². The van der Waals surface area contributed by atoms with Crippen molar-refractivity contribution >= 4 is 6.03 Å². The monoisotopic (exact) mass is 255 g/mol. The van der Waals surface area contributed by atoms with E-state index in [0.717, 1.165) is 6.07 Å². The van der Waals surface area contributed by atoms with Gasteiger partial charge in [0.2, 0.25) is 0 Å². The molecule has 2 atom stereocenters. The van der Waals surface area contributed by atoms with Crippen molar-refractivity contribution in [3.05, 3.63) is 35.4 Å². The molecule has 2 rings (SSSR count). The summed E-state index contributed by atoms with van der Waals surface area (Å²) in [6, 6.07) is 2.46. The van der Waals surface area contributed by atoms with E-state index < -0.39 is 17.7 Å². The van der Waals surface area contributed by atoms with E-state index in [1.54, 1.807) is 6.92 Å². The Morgan fingerprint density at radius 2 is 2.28 bits per heavy atom. The Bertz CT molecular complexity index is 465. The summed E-state index contributed by atoms with van der Waals surface area (Å²) < 4.78 is 26.4. The SMILES string of the molecule is CC(N)CN1CC(c2ccc(F)cc2F)NC1=O. The van der Waals surface area contributed by atoms with Crippen LogP contribution in [0.15, 0.2) is 18.2 Å². The second-order valence-electron chi connectivity index (χ2n) is 4.55. The van der Waals surface area contributed by atoms with Gasteiger partial charge in [-0.3, -0.25) is 0 Å². The lowest BCUT2D eigenvalue weighted by atomic mass is 10.1. The lowest BCUT2D eigenvalue weighted by molar-refractivity contribution is 0.215. The standard InChI is InChI=1S/C12H15F2N3O/c1-7(15)5-17-6-11(16-12(17)18)9-3-2-8(13)4-10(9)14/h2-4,7,11H,5-6,15H2,1H3,(H,16,18). The van der Waals surface area contributed by atoms with Crippen LogP contribution in [0.4, 0.5) is 13.6 Å². The van der Waals surface area contributed by atoms with Crippen LogP contribution in [0.1, 0.15) is 18.5 Å². The fourth-order valence-corrected chi connectivity index (χ4v) is 2.05. The molecule has 1 aliphatic heterocycles. The molecule has 1 fully saturated rings. The van der Waals surface area contributed by atoms with Crippen LogP contribution in [-0.2, 0) is 0 Å². The predicted molar refractivity (Wildman–Crippen MR) is 62.9 cm³/mol. The lowest BCUT2D eigenvalue weighted by Gasteiger charge is -2.17. The number of hydrogen-bond acceptors (Lipinski definition) is 2. The van der Waals surface area contributed by atoms with Gasteiger partial charge in [0, 0.05) is 30.8 Å². The first-order valence-corrected chi connectivity index (χ1v) is 5.73. The van der Waals surface area contributed by atoms with Crippen LogP contribution < -0.4 is 11.1 Å². The van der Waals surface area contributed by atoms with Crippen molar-refractivity contribution in [2.45, 2.75) is 19.0 Å². The Kier molecular flexibility index (Phi) is 3.47. The molecule has 0 saturated carbocycles. The number of nitrogens with two attached hydrogens (primary N) is 1. The summed E-state index contributed by atoms with van der Waals surface area (Å²) in [6.07, 6.45) is 0. The van der Waals surface area contributed by atoms with Gasteiger partial charge in [-0.05, 0) is 13.0 Å². The molecule has 0 spiro atoms. The summed E-state index contributed by atoms with van der Waals surface area (Å²) in [5.41, 5.74) is 5.91. The predicted octanol–water partition coefficient (Wildman–Crippen LogP) is 1.38. The largest absolute Gasteiger partial charge is 0.329 e. The van der Waals surface area contributed by atoms with Crippen molar-refractivity contribution in [2.75, 3.05) is 13.1 Å². The fourth-order valence-electron chi connectivity index (χ4n) is 2.05. The third kappa shape index (κ3) is 2.59. The maximum absolute atomic E-state index is 13.6. The van der Waals surface area contributed by atoms with E-state index in [1.165, 1.54) is 17.0 Å². The van der Waals surface area contributed by atoms with Gasteiger partial charge in [0.25, 0.3) is 0 Å². The fraction of sp³-hybridized carbons (Fsp3) is 0.417. The van der Waals surface area contributed by atoms with Crippen LogP contribution in [0.3, 0.4) is 0 Å². The second kappa shape index (κ2) is 4.89. The van der Waals surface area contributed by atoms with Crippen molar-refractivity contribution in [1.29, 1.82) is 0 Å². The molecule has 0 bridgehead atoms. The molecule has 98 valence electrons. The Hall–Kier alpha value is -1.69. The molecule has 0 radical (unpaired) electrons. The molecule has 2 unspecified atom stereocenters. The van der Waals surface area contributed by atoms with Crippen molar-refractivity contribution in [1.82, 2.24) is 10.2 Å². The average Bonchev–Trinajstić information content (AvgIpc) is 2.59. The van der Waals surface area contributed by atoms with Gasteiger partial charge in [-0.2, -0.15) is 0 Å². The minimum absolute atomic E-state index is 0.146. The van der Waals surface area contributed by atoms with Crippen LogP contribution in [0.5, 0.6) is 0 Å². The van der Waals surface area contributed by atoms with Gasteiger partial charge in [-0.1, -0.05) is 6.07 Å². The summed E-state index contributed by atoms with van der Waals surface area (Å²) in [5.74, 6) is -1.28. The quantitative estimate of drug-likeness (QED) is 0.857. The number of halogens is 2. The van der Waals surface area contributed by atoms with Crippen LogP contribution >= 0.6 is 0 Å². The highest BCUT2D eigenvalue weighted by Crippen LogP contribution is 2.23. The van der Waals surface area contributed by atoms with Gasteiger partial charge in [0.1, 0.15) is 11.6 Å². The Labute approximate surface area is 104 Å². The molecule has 1 saturated heterocycles. The van der Waals surface area contributed by atoms with Crippen molar-refractivity contribution in [2.24, 2.45) is 5.73 Å². The van der Waals surface area contributed by atoms with Gasteiger partial charge < -0.3 is 16.0 Å². The van der Waals surface area contributed by atoms with E-state index in [-0.39, 0.29) is 17.6 Å². The molecule has 2 amide bonds. The summed E-state index contributed by atoms with van der Waals surface area (Å²) in [7, 11) is 0. The molecule has 3 N–H and O–H groups in total. The Morgan fingerprint density at radius 3 is 2.89 bits per heavy atom. The van der Waals surface area contributed by atoms with Crippen molar-refractivity contribution < 1.29 is 13.6 Å². The molecule has 6 heteroatoms. The summed E-state index contributed by atoms with van der Waals surface area (Å²) in [6.45, 7) is 2.53. The number of benzene rings is 1. The highest BCUT2D eigenvalue weighted by Gasteiger charge is 2.31. The number of hydrogen-bond donors (Lipinski definition) is 2. The lowest BCUT2D eigenvalue weighted by Crippen LogP contribution is -2.37. The first-order valence-electron chi connectivity index (χ1n) is 5.73. The van der Waals surface area contributed by atoms with E-state index in [4.69, 9.17) is 5.73 Å². The van der Waals surface area contributed by atoms with E-state index in [1.807, 2.05) is 0 Å². The third-order valence-corrected chi connectivity index (χ3v) is 2.83. The van der Waals surface area contributed by atoms with Gasteiger partial charge in [0.15, 0.2) is 0 Å². The summed E-state index contributed by atoms with van der Waals surface area (Å²) in [4.78, 5) is 13.2. The molecule has 0 aliphatic carbocycles. The maximum atomic E-state index is 13.6. The number of carbonyl (C=O) groups is 1. The minimum Gasteiger partial charge on any atom is -0.329 e. The van der Waals surface area contributed by atoms with Gasteiger partial charge in [-0.25, -0.2) is 13.6 Å². The van der Waals surface area contributed by atoms with Crippen molar-refractivity contribution in [3.8, 4) is 0 Å². The highest BCUT2D eigenvalue weighted by molar-refractivity contribution is 5.77. The topological polar surface area (TPSA) is 58.4 Å². The van der Waals surface area contributed by atoms with Crippen molar-refractivity contribution in [3.63, 3.8) is 0 Å². The normalized spacial score (nSPS) is 21.0. The highest BCUT2D eigenvalue weighted by atomic mass is 19.1. The van der Waals surface area contributed by atoms with E-state index >= 15 is 0 Å². The minimum atomic E-state index is -0.650. The number of carbonyl (C=O) groups excluding carboxylic acids is 1. The van der Waals surface area contributed by atoms with E-state index in [0.29, 0.717) is 13.1 Å². The molecule has 0 aromatic heterocycles. The smallest absolute Gasteiger partial charge is 0.318 e. The van der Waals surface area contributed by atoms with Gasteiger partial charge >= 0.3 is 6.03 Å². The van der Waals surface area contributed by atoms with Crippen LogP contribution in [-0.4, -0.2) is 30.1 Å². The Balaban J connectivity index is 2.14. The van der Waals surface area contributed by atoms with E-state index in [2.05, 4.69) is 5.32 Å². The number of nitrogens with one attached hydrogen (secondary N) is 1. The molecule has 1 aliphatic rings. The van der Waals surface area contributed by atoms with Crippen LogP contribution in [0.2, 0.25) is 0 Å². The van der Waals surface area contributed by atoms with Gasteiger partial charge in [-0.15, -0.1) is 0 Å². The maximum Gasteiger partial charge on any atom is 0.318 e. The number of amides is 2. The van der Waals surface area contributed by atoms with Crippen LogP contribution in [0.25, 0.3) is 0 Å². The number of nitrogens with zero attached hydrogens (tertiary/aromatic N) is 1. The van der Waals surface area contributed by atoms with Crippen LogP contribution in [0, 0.1) is 11.6 Å². The first-order chi connectivity index (χ1) is 8.47. The molecular weight excluding hydrogens is 240 g/mol. The average molecular weight is 255 g/mol. The first kappa shape index (κ1) is 12.8. The molecule has 1 aromatic carbocycles. The number of urea groups is 1.